The summed E-state index contributed by atoms with van der Waals surface area (Å²) >= 11 is 0. The molecule has 2 heterocycles. The van der Waals surface area contributed by atoms with Gasteiger partial charge in [0, 0.05) is 30.6 Å². The van der Waals surface area contributed by atoms with Crippen molar-refractivity contribution < 1.29 is 13.8 Å². The van der Waals surface area contributed by atoms with Crippen molar-refractivity contribution >= 4 is 28.4 Å². The van der Waals surface area contributed by atoms with Gasteiger partial charge in [-0.2, -0.15) is 0 Å². The number of nitrogens with one attached hydrogen (secondary N) is 1. The summed E-state index contributed by atoms with van der Waals surface area (Å²) in [5.41, 5.74) is 0.830. The number of anilines is 1. The molecule has 0 aromatic carbocycles. The van der Waals surface area contributed by atoms with Crippen LogP contribution in [0.1, 0.15) is 37.7 Å². The summed E-state index contributed by atoms with van der Waals surface area (Å²) in [7, 11) is -1.34. The molecule has 1 N–H and O–H groups in total. The third-order valence-corrected chi connectivity index (χ3v) is 5.03. The van der Waals surface area contributed by atoms with Crippen LogP contribution < -0.4 is 10.2 Å². The highest BCUT2D eigenvalue weighted by Gasteiger charge is 2.35. The van der Waals surface area contributed by atoms with Crippen LogP contribution in [0.3, 0.4) is 0 Å². The fourth-order valence-corrected chi connectivity index (χ4v) is 3.58. The van der Waals surface area contributed by atoms with Crippen molar-refractivity contribution in [1.29, 1.82) is 0 Å². The lowest BCUT2D eigenvalue weighted by atomic mass is 10.1. The number of hydrogen-bond acceptors (Lipinski definition) is 5. The Labute approximate surface area is 137 Å². The van der Waals surface area contributed by atoms with Gasteiger partial charge in [0.2, 0.25) is 5.16 Å². The summed E-state index contributed by atoms with van der Waals surface area (Å²) in [5.74, 6) is -0.715. The minimum Gasteiger partial charge on any atom is -0.348 e. The Balaban J connectivity index is 2.11. The molecule has 1 atom stereocenters. The SMILES string of the molecule is CS(=O)c1ncc2c(n1)N(C1CCCC1)C(=O)C(=O)NCCC2. The minimum absolute atomic E-state index is 0.0295. The zero-order chi connectivity index (χ0) is 16.4. The van der Waals surface area contributed by atoms with Gasteiger partial charge in [0.15, 0.2) is 0 Å². The van der Waals surface area contributed by atoms with E-state index in [1.165, 1.54) is 11.2 Å². The van der Waals surface area contributed by atoms with Gasteiger partial charge in [-0.3, -0.25) is 18.7 Å². The van der Waals surface area contributed by atoms with Crippen molar-refractivity contribution in [2.24, 2.45) is 0 Å². The number of carbonyl (C=O) groups excluding carboxylic acids is 2. The van der Waals surface area contributed by atoms with Gasteiger partial charge in [-0.05, 0) is 25.7 Å². The van der Waals surface area contributed by atoms with Crippen LogP contribution in [-0.4, -0.2) is 44.8 Å². The number of fused-ring (bicyclic) bond motifs is 1. The number of amides is 2. The van der Waals surface area contributed by atoms with Crippen molar-refractivity contribution in [2.75, 3.05) is 17.7 Å². The fraction of sp³-hybridized carbons (Fsp3) is 0.600. The molecule has 1 aliphatic heterocycles. The molecular weight excluding hydrogens is 316 g/mol. The Morgan fingerprint density at radius 3 is 2.70 bits per heavy atom. The Morgan fingerprint density at radius 2 is 2.00 bits per heavy atom. The molecule has 1 aliphatic carbocycles. The van der Waals surface area contributed by atoms with Crippen molar-refractivity contribution in [3.8, 4) is 0 Å². The summed E-state index contributed by atoms with van der Waals surface area (Å²) in [6.07, 6.45) is 8.30. The number of rotatable bonds is 2. The average molecular weight is 336 g/mol. The number of aromatic nitrogens is 2. The highest BCUT2D eigenvalue weighted by molar-refractivity contribution is 7.84. The van der Waals surface area contributed by atoms with Gasteiger partial charge in [0.25, 0.3) is 0 Å². The molecule has 1 aromatic rings. The van der Waals surface area contributed by atoms with E-state index in [1.54, 1.807) is 6.20 Å². The van der Waals surface area contributed by atoms with E-state index >= 15 is 0 Å². The standard InChI is InChI=1S/C15H20N4O3S/c1-23(22)15-17-9-10-5-4-8-16-13(20)14(21)19(12(10)18-15)11-6-2-3-7-11/h9,11H,2-8H2,1H3,(H,16,20). The largest absolute Gasteiger partial charge is 0.348 e. The molecule has 1 unspecified atom stereocenters. The molecule has 7 nitrogen and oxygen atoms in total. The third kappa shape index (κ3) is 3.26. The highest BCUT2D eigenvalue weighted by atomic mass is 32.2. The molecule has 124 valence electrons. The van der Waals surface area contributed by atoms with E-state index in [9.17, 15) is 13.8 Å². The van der Waals surface area contributed by atoms with Crippen molar-refractivity contribution in [3.63, 3.8) is 0 Å². The Bertz CT molecular complexity index is 658. The van der Waals surface area contributed by atoms with E-state index in [0.717, 1.165) is 31.2 Å². The molecule has 0 spiro atoms. The number of carbonyl (C=O) groups is 2. The topological polar surface area (TPSA) is 92.3 Å². The van der Waals surface area contributed by atoms with Crippen molar-refractivity contribution in [1.82, 2.24) is 15.3 Å². The summed E-state index contributed by atoms with van der Waals surface area (Å²) in [6.45, 7) is 0.448. The van der Waals surface area contributed by atoms with E-state index in [0.29, 0.717) is 25.2 Å². The fourth-order valence-electron chi connectivity index (χ4n) is 3.17. The quantitative estimate of drug-likeness (QED) is 0.629. The first kappa shape index (κ1) is 16.0. The van der Waals surface area contributed by atoms with Gasteiger partial charge in [-0.15, -0.1) is 0 Å². The summed E-state index contributed by atoms with van der Waals surface area (Å²) < 4.78 is 11.7. The summed E-state index contributed by atoms with van der Waals surface area (Å²) in [5, 5.41) is 2.86. The Hall–Kier alpha value is -1.83. The molecule has 1 fully saturated rings. The maximum absolute atomic E-state index is 12.7. The maximum Gasteiger partial charge on any atom is 0.317 e. The summed E-state index contributed by atoms with van der Waals surface area (Å²) in [6, 6.07) is -0.0295. The predicted octanol–water partition coefficient (Wildman–Crippen LogP) is 0.552. The minimum atomic E-state index is -1.34. The maximum atomic E-state index is 12.7. The second kappa shape index (κ2) is 6.74. The smallest absolute Gasteiger partial charge is 0.317 e. The lowest BCUT2D eigenvalue weighted by Crippen LogP contribution is -2.48. The second-order valence-electron chi connectivity index (χ2n) is 5.93. The van der Waals surface area contributed by atoms with Gasteiger partial charge in [-0.1, -0.05) is 12.8 Å². The van der Waals surface area contributed by atoms with Crippen LogP contribution in [0.4, 0.5) is 5.82 Å². The number of aryl methyl sites for hydroxylation is 1. The van der Waals surface area contributed by atoms with Crippen LogP contribution in [0.2, 0.25) is 0 Å². The van der Waals surface area contributed by atoms with Gasteiger partial charge in [0.05, 0.1) is 10.8 Å². The first-order chi connectivity index (χ1) is 11.1. The van der Waals surface area contributed by atoms with Gasteiger partial charge < -0.3 is 5.32 Å². The second-order valence-corrected chi connectivity index (χ2v) is 7.20. The van der Waals surface area contributed by atoms with Crippen LogP contribution in [0, 0.1) is 0 Å². The zero-order valence-corrected chi connectivity index (χ0v) is 13.9. The van der Waals surface area contributed by atoms with Crippen LogP contribution in [0.25, 0.3) is 0 Å². The molecule has 2 aliphatic rings. The molecule has 1 saturated carbocycles. The van der Waals surface area contributed by atoms with Crippen LogP contribution in [0.5, 0.6) is 0 Å². The first-order valence-electron chi connectivity index (χ1n) is 7.88. The lowest BCUT2D eigenvalue weighted by Gasteiger charge is -2.28. The van der Waals surface area contributed by atoms with Gasteiger partial charge in [0.1, 0.15) is 5.82 Å². The molecule has 23 heavy (non-hydrogen) atoms. The molecular formula is C15H20N4O3S. The average Bonchev–Trinajstić information content (AvgIpc) is 3.06. The third-order valence-electron chi connectivity index (χ3n) is 4.32. The molecule has 0 bridgehead atoms. The molecule has 0 saturated heterocycles. The zero-order valence-electron chi connectivity index (χ0n) is 13.1. The Kier molecular flexibility index (Phi) is 4.70. The highest BCUT2D eigenvalue weighted by Crippen LogP contribution is 2.30. The number of hydrogen-bond donors (Lipinski definition) is 1. The van der Waals surface area contributed by atoms with Crippen molar-refractivity contribution in [2.45, 2.75) is 49.7 Å². The van der Waals surface area contributed by atoms with E-state index < -0.39 is 22.6 Å². The Morgan fingerprint density at radius 1 is 1.26 bits per heavy atom. The van der Waals surface area contributed by atoms with Crippen molar-refractivity contribution in [3.05, 3.63) is 11.8 Å². The first-order valence-corrected chi connectivity index (χ1v) is 9.44. The number of nitrogens with zero attached hydrogens (tertiary/aromatic N) is 3. The normalized spacial score (nSPS) is 21.2. The van der Waals surface area contributed by atoms with E-state index in [4.69, 9.17) is 0 Å². The molecule has 2 amide bonds. The van der Waals surface area contributed by atoms with Crippen LogP contribution in [-0.2, 0) is 26.8 Å². The van der Waals surface area contributed by atoms with Gasteiger partial charge in [-0.25, -0.2) is 9.97 Å². The van der Waals surface area contributed by atoms with Crippen LogP contribution in [0.15, 0.2) is 11.4 Å². The molecule has 3 rings (SSSR count). The van der Waals surface area contributed by atoms with E-state index in [1.807, 2.05) is 0 Å². The lowest BCUT2D eigenvalue weighted by molar-refractivity contribution is -0.137. The molecule has 1 aromatic heterocycles. The summed E-state index contributed by atoms with van der Waals surface area (Å²) in [4.78, 5) is 34.8. The molecule has 8 heteroatoms. The van der Waals surface area contributed by atoms with E-state index in [-0.39, 0.29) is 11.2 Å². The molecule has 0 radical (unpaired) electrons. The van der Waals surface area contributed by atoms with Crippen LogP contribution >= 0.6 is 0 Å². The van der Waals surface area contributed by atoms with E-state index in [2.05, 4.69) is 15.3 Å². The van der Waals surface area contributed by atoms with Gasteiger partial charge >= 0.3 is 11.8 Å². The monoisotopic (exact) mass is 336 g/mol. The predicted molar refractivity (Wildman–Crippen MR) is 85.4 cm³/mol.